The fraction of sp³-hybridized carbons (Fsp3) is 0.222. The molecule has 0 amide bonds. The Labute approximate surface area is 89.5 Å². The predicted molar refractivity (Wildman–Crippen MR) is 54.7 cm³/mol. The van der Waals surface area contributed by atoms with Crippen molar-refractivity contribution in [2.45, 2.75) is 13.8 Å². The van der Waals surface area contributed by atoms with E-state index >= 15 is 0 Å². The SMILES string of the molecule is Cc1nnc(-c2cc(C)c(Br)cn2)o1. The van der Waals surface area contributed by atoms with E-state index in [1.54, 1.807) is 13.1 Å². The molecular weight excluding hydrogens is 246 g/mol. The Bertz CT molecular complexity index is 467. The fourth-order valence-corrected chi connectivity index (χ4v) is 1.27. The van der Waals surface area contributed by atoms with Crippen molar-refractivity contribution in [1.29, 1.82) is 0 Å². The van der Waals surface area contributed by atoms with Crippen molar-refractivity contribution in [2.75, 3.05) is 0 Å². The molecule has 14 heavy (non-hydrogen) atoms. The number of halogens is 1. The van der Waals surface area contributed by atoms with Gasteiger partial charge in [0.05, 0.1) is 0 Å². The fourth-order valence-electron chi connectivity index (χ4n) is 1.06. The van der Waals surface area contributed by atoms with E-state index in [1.807, 2.05) is 13.0 Å². The lowest BCUT2D eigenvalue weighted by Gasteiger charge is -1.98. The molecule has 2 aromatic rings. The third-order valence-electron chi connectivity index (χ3n) is 1.79. The molecule has 4 nitrogen and oxygen atoms in total. The highest BCUT2D eigenvalue weighted by atomic mass is 79.9. The van der Waals surface area contributed by atoms with Gasteiger partial charge < -0.3 is 4.42 Å². The third-order valence-corrected chi connectivity index (χ3v) is 2.62. The summed E-state index contributed by atoms with van der Waals surface area (Å²) in [6.07, 6.45) is 1.73. The molecule has 0 spiro atoms. The Morgan fingerprint density at radius 1 is 1.29 bits per heavy atom. The van der Waals surface area contributed by atoms with Crippen LogP contribution in [0.25, 0.3) is 11.6 Å². The van der Waals surface area contributed by atoms with Crippen molar-refractivity contribution < 1.29 is 4.42 Å². The van der Waals surface area contributed by atoms with Crippen molar-refractivity contribution in [3.8, 4) is 11.6 Å². The van der Waals surface area contributed by atoms with Gasteiger partial charge in [-0.25, -0.2) is 4.98 Å². The summed E-state index contributed by atoms with van der Waals surface area (Å²) < 4.78 is 6.23. The van der Waals surface area contributed by atoms with Crippen LogP contribution in [-0.4, -0.2) is 15.2 Å². The second kappa shape index (κ2) is 3.49. The first-order valence-electron chi connectivity index (χ1n) is 4.09. The van der Waals surface area contributed by atoms with E-state index < -0.39 is 0 Å². The lowest BCUT2D eigenvalue weighted by molar-refractivity contribution is 0.531. The second-order valence-electron chi connectivity index (χ2n) is 2.94. The van der Waals surface area contributed by atoms with E-state index in [0.717, 1.165) is 10.0 Å². The molecule has 0 aliphatic heterocycles. The Kier molecular flexibility index (Phi) is 2.33. The van der Waals surface area contributed by atoms with Crippen LogP contribution in [0.5, 0.6) is 0 Å². The first-order valence-corrected chi connectivity index (χ1v) is 4.89. The van der Waals surface area contributed by atoms with Gasteiger partial charge >= 0.3 is 0 Å². The maximum atomic E-state index is 5.26. The molecule has 0 saturated heterocycles. The highest BCUT2D eigenvalue weighted by Gasteiger charge is 2.08. The molecule has 0 N–H and O–H groups in total. The Morgan fingerprint density at radius 3 is 2.64 bits per heavy atom. The second-order valence-corrected chi connectivity index (χ2v) is 3.80. The first kappa shape index (κ1) is 9.33. The minimum Gasteiger partial charge on any atom is -0.420 e. The van der Waals surface area contributed by atoms with Crippen LogP contribution in [0, 0.1) is 13.8 Å². The van der Waals surface area contributed by atoms with E-state index in [-0.39, 0.29) is 0 Å². The zero-order chi connectivity index (χ0) is 10.1. The Morgan fingerprint density at radius 2 is 2.07 bits per heavy atom. The van der Waals surface area contributed by atoms with Crippen LogP contribution in [0.2, 0.25) is 0 Å². The number of pyridine rings is 1. The third kappa shape index (κ3) is 1.68. The average molecular weight is 254 g/mol. The van der Waals surface area contributed by atoms with Crippen LogP contribution in [0.1, 0.15) is 11.5 Å². The molecule has 0 aliphatic rings. The smallest absolute Gasteiger partial charge is 0.266 e. The van der Waals surface area contributed by atoms with Gasteiger partial charge in [0.15, 0.2) is 0 Å². The molecule has 2 aromatic heterocycles. The van der Waals surface area contributed by atoms with Gasteiger partial charge in [0.2, 0.25) is 5.89 Å². The number of rotatable bonds is 1. The number of aromatic nitrogens is 3. The van der Waals surface area contributed by atoms with Crippen LogP contribution in [0.4, 0.5) is 0 Å². The summed E-state index contributed by atoms with van der Waals surface area (Å²) in [5.41, 5.74) is 1.79. The molecule has 0 saturated carbocycles. The highest BCUT2D eigenvalue weighted by molar-refractivity contribution is 9.10. The maximum absolute atomic E-state index is 5.26. The van der Waals surface area contributed by atoms with Crippen molar-refractivity contribution >= 4 is 15.9 Å². The molecule has 0 aliphatic carbocycles. The Balaban J connectivity index is 2.47. The van der Waals surface area contributed by atoms with Gasteiger partial charge in [0.1, 0.15) is 5.69 Å². The predicted octanol–water partition coefficient (Wildman–Crippen LogP) is 2.51. The summed E-state index contributed by atoms with van der Waals surface area (Å²) in [6, 6.07) is 1.90. The molecular formula is C9H8BrN3O. The summed E-state index contributed by atoms with van der Waals surface area (Å²) in [5, 5.41) is 7.64. The van der Waals surface area contributed by atoms with Crippen LogP contribution >= 0.6 is 15.9 Å². The number of hydrogen-bond donors (Lipinski definition) is 0. The largest absolute Gasteiger partial charge is 0.420 e. The van der Waals surface area contributed by atoms with Crippen LogP contribution < -0.4 is 0 Å². The molecule has 0 unspecified atom stereocenters. The van der Waals surface area contributed by atoms with Crippen molar-refractivity contribution in [3.63, 3.8) is 0 Å². The standard InChI is InChI=1S/C9H8BrN3O/c1-5-3-8(11-4-7(5)10)9-13-12-6(2)14-9/h3-4H,1-2H3. The molecule has 0 aromatic carbocycles. The monoisotopic (exact) mass is 253 g/mol. The molecule has 5 heteroatoms. The molecule has 0 bridgehead atoms. The number of nitrogens with zero attached hydrogens (tertiary/aromatic N) is 3. The average Bonchev–Trinajstić information content (AvgIpc) is 2.57. The van der Waals surface area contributed by atoms with Gasteiger partial charge in [0, 0.05) is 17.6 Å². The minimum absolute atomic E-state index is 0.457. The quantitative estimate of drug-likeness (QED) is 0.784. The lowest BCUT2D eigenvalue weighted by Crippen LogP contribution is -1.86. The van der Waals surface area contributed by atoms with Gasteiger partial charge in [0.25, 0.3) is 5.89 Å². The molecule has 0 fully saturated rings. The van der Waals surface area contributed by atoms with E-state index in [9.17, 15) is 0 Å². The van der Waals surface area contributed by atoms with E-state index in [1.165, 1.54) is 0 Å². The van der Waals surface area contributed by atoms with Crippen LogP contribution in [0.3, 0.4) is 0 Å². The van der Waals surface area contributed by atoms with Crippen molar-refractivity contribution in [3.05, 3.63) is 28.2 Å². The first-order chi connectivity index (χ1) is 6.66. The maximum Gasteiger partial charge on any atom is 0.266 e. The molecule has 0 radical (unpaired) electrons. The van der Waals surface area contributed by atoms with Gasteiger partial charge in [-0.15, -0.1) is 10.2 Å². The van der Waals surface area contributed by atoms with Gasteiger partial charge in [-0.1, -0.05) is 0 Å². The topological polar surface area (TPSA) is 51.8 Å². The molecule has 0 atom stereocenters. The summed E-state index contributed by atoms with van der Waals surface area (Å²) >= 11 is 3.38. The van der Waals surface area contributed by atoms with Gasteiger partial charge in [-0.05, 0) is 34.5 Å². The summed E-state index contributed by atoms with van der Waals surface area (Å²) in [4.78, 5) is 4.18. The van der Waals surface area contributed by atoms with E-state index in [0.29, 0.717) is 17.5 Å². The lowest BCUT2D eigenvalue weighted by atomic mass is 10.2. The summed E-state index contributed by atoms with van der Waals surface area (Å²) in [7, 11) is 0. The minimum atomic E-state index is 0.457. The van der Waals surface area contributed by atoms with E-state index in [4.69, 9.17) is 4.42 Å². The highest BCUT2D eigenvalue weighted by Crippen LogP contribution is 2.21. The molecule has 2 rings (SSSR count). The Hall–Kier alpha value is -1.23. The van der Waals surface area contributed by atoms with Crippen LogP contribution in [0.15, 0.2) is 21.2 Å². The zero-order valence-electron chi connectivity index (χ0n) is 7.78. The zero-order valence-corrected chi connectivity index (χ0v) is 9.37. The van der Waals surface area contributed by atoms with Crippen molar-refractivity contribution in [2.24, 2.45) is 0 Å². The summed E-state index contributed by atoms with van der Waals surface area (Å²) in [6.45, 7) is 3.74. The van der Waals surface area contributed by atoms with Crippen LogP contribution in [-0.2, 0) is 0 Å². The number of hydrogen-bond acceptors (Lipinski definition) is 4. The molecule has 72 valence electrons. The van der Waals surface area contributed by atoms with Gasteiger partial charge in [-0.2, -0.15) is 0 Å². The van der Waals surface area contributed by atoms with E-state index in [2.05, 4.69) is 31.1 Å². The summed E-state index contributed by atoms with van der Waals surface area (Å²) in [5.74, 6) is 1.00. The number of aryl methyl sites for hydroxylation is 2. The molecule has 2 heterocycles. The normalized spacial score (nSPS) is 10.5. The van der Waals surface area contributed by atoms with Crippen molar-refractivity contribution in [1.82, 2.24) is 15.2 Å². The van der Waals surface area contributed by atoms with Gasteiger partial charge in [-0.3, -0.25) is 0 Å².